The molecule has 2 aromatic rings. The Bertz CT molecular complexity index is 748. The summed E-state index contributed by atoms with van der Waals surface area (Å²) < 4.78 is 7.31. The van der Waals surface area contributed by atoms with Crippen molar-refractivity contribution in [3.63, 3.8) is 0 Å². The average Bonchev–Trinajstić information content (AvgIpc) is 2.47. The highest BCUT2D eigenvalue weighted by molar-refractivity contribution is 5.94. The maximum absolute atomic E-state index is 12.6. The van der Waals surface area contributed by atoms with Crippen molar-refractivity contribution in [2.75, 3.05) is 6.61 Å². The van der Waals surface area contributed by atoms with Gasteiger partial charge in [0, 0.05) is 11.6 Å². The molecule has 116 valence electrons. The van der Waals surface area contributed by atoms with E-state index in [1.165, 1.54) is 0 Å². The van der Waals surface area contributed by atoms with E-state index in [-0.39, 0.29) is 23.0 Å². The average molecular weight is 299 g/mol. The molecule has 0 amide bonds. The van der Waals surface area contributed by atoms with Crippen LogP contribution in [0.25, 0.3) is 11.3 Å². The first-order valence-electron chi connectivity index (χ1n) is 7.29. The zero-order chi connectivity index (χ0) is 16.3. The Morgan fingerprint density at radius 2 is 1.95 bits per heavy atom. The number of nitrogens with one attached hydrogen (secondary N) is 1. The number of nitrogens with zero attached hydrogens (tertiary/aromatic N) is 1. The number of nitrogen functional groups attached to an aromatic ring is 1. The molecule has 0 aliphatic rings. The van der Waals surface area contributed by atoms with Crippen LogP contribution < -0.4 is 16.0 Å². The minimum absolute atomic E-state index is 0.0588. The van der Waals surface area contributed by atoms with Crippen LogP contribution in [-0.4, -0.2) is 17.0 Å². The highest BCUT2D eigenvalue weighted by Crippen LogP contribution is 2.30. The molecule has 2 rings (SSSR count). The number of hydrogen-bond donors (Lipinski definition) is 2. The van der Waals surface area contributed by atoms with Gasteiger partial charge in [-0.1, -0.05) is 12.1 Å². The molecule has 0 aliphatic carbocycles. The van der Waals surface area contributed by atoms with E-state index in [1.54, 1.807) is 10.6 Å². The van der Waals surface area contributed by atoms with Crippen LogP contribution in [0.4, 0.5) is 0 Å². The number of benzene rings is 1. The van der Waals surface area contributed by atoms with Gasteiger partial charge in [-0.25, -0.2) is 0 Å². The van der Waals surface area contributed by atoms with Crippen molar-refractivity contribution in [2.45, 2.75) is 26.8 Å². The van der Waals surface area contributed by atoms with E-state index >= 15 is 0 Å². The minimum atomic E-state index is -0.258. The summed E-state index contributed by atoms with van der Waals surface area (Å²) >= 11 is 0. The lowest BCUT2D eigenvalue weighted by Gasteiger charge is -2.19. The Labute approximate surface area is 129 Å². The van der Waals surface area contributed by atoms with Crippen LogP contribution in [0.3, 0.4) is 0 Å². The van der Waals surface area contributed by atoms with Gasteiger partial charge in [0.25, 0.3) is 5.56 Å². The summed E-state index contributed by atoms with van der Waals surface area (Å²) in [5, 5.41) is 7.54. The summed E-state index contributed by atoms with van der Waals surface area (Å²) in [4.78, 5) is 12.6. The first-order chi connectivity index (χ1) is 10.5. The summed E-state index contributed by atoms with van der Waals surface area (Å²) in [6.07, 6.45) is 0. The molecule has 0 saturated heterocycles. The topological polar surface area (TPSA) is 81.1 Å². The van der Waals surface area contributed by atoms with Crippen molar-refractivity contribution in [3.05, 3.63) is 52.3 Å². The first kappa shape index (κ1) is 15.8. The lowest BCUT2D eigenvalue weighted by atomic mass is 10.1. The molecular weight excluding hydrogens is 278 g/mol. The molecule has 0 unspecified atom stereocenters. The predicted octanol–water partition coefficient (Wildman–Crippen LogP) is 2.78. The number of ether oxygens (including phenoxy) is 1. The molecule has 0 atom stereocenters. The van der Waals surface area contributed by atoms with Gasteiger partial charge in [-0.05, 0) is 45.0 Å². The van der Waals surface area contributed by atoms with Gasteiger partial charge in [-0.2, -0.15) is 0 Å². The molecule has 0 saturated carbocycles. The molecular formula is C17H21N3O2. The molecule has 0 aliphatic heterocycles. The molecule has 5 heteroatoms. The SMILES string of the molecule is CCOc1ccccc1-c1ccc(C(=N)N)c(=O)n1C(C)C. The smallest absolute Gasteiger partial charge is 0.262 e. The fourth-order valence-electron chi connectivity index (χ4n) is 2.45. The maximum atomic E-state index is 12.6. The zero-order valence-electron chi connectivity index (χ0n) is 13.1. The lowest BCUT2D eigenvalue weighted by Crippen LogP contribution is -2.31. The van der Waals surface area contributed by atoms with Crippen LogP contribution in [0.1, 0.15) is 32.4 Å². The van der Waals surface area contributed by atoms with Crippen molar-refractivity contribution in [1.29, 1.82) is 5.41 Å². The van der Waals surface area contributed by atoms with Gasteiger partial charge in [0.2, 0.25) is 0 Å². The van der Waals surface area contributed by atoms with E-state index in [0.717, 1.165) is 17.0 Å². The fraction of sp³-hybridized carbons (Fsp3) is 0.294. The monoisotopic (exact) mass is 299 g/mol. The number of rotatable bonds is 5. The van der Waals surface area contributed by atoms with E-state index < -0.39 is 0 Å². The van der Waals surface area contributed by atoms with Crippen molar-refractivity contribution in [1.82, 2.24) is 4.57 Å². The molecule has 22 heavy (non-hydrogen) atoms. The molecule has 5 nitrogen and oxygen atoms in total. The van der Waals surface area contributed by atoms with Crippen LogP contribution in [0.2, 0.25) is 0 Å². The molecule has 0 spiro atoms. The lowest BCUT2D eigenvalue weighted by molar-refractivity contribution is 0.341. The van der Waals surface area contributed by atoms with E-state index in [0.29, 0.717) is 6.61 Å². The Hall–Kier alpha value is -2.56. The highest BCUT2D eigenvalue weighted by atomic mass is 16.5. The third kappa shape index (κ3) is 2.88. The Morgan fingerprint density at radius 1 is 1.27 bits per heavy atom. The van der Waals surface area contributed by atoms with Crippen LogP contribution >= 0.6 is 0 Å². The quantitative estimate of drug-likeness (QED) is 0.658. The molecule has 0 radical (unpaired) electrons. The van der Waals surface area contributed by atoms with Crippen molar-refractivity contribution in [2.24, 2.45) is 5.73 Å². The summed E-state index contributed by atoms with van der Waals surface area (Å²) in [5.74, 6) is 0.512. The number of hydrogen-bond acceptors (Lipinski definition) is 3. The fourth-order valence-corrected chi connectivity index (χ4v) is 2.45. The standard InChI is InChI=1S/C17H21N3O2/c1-4-22-15-8-6-5-7-12(15)14-10-9-13(16(18)19)17(21)20(14)11(2)3/h5-11H,4H2,1-3H3,(H3,18,19). The summed E-state index contributed by atoms with van der Waals surface area (Å²) in [7, 11) is 0. The van der Waals surface area contributed by atoms with Crippen LogP contribution in [0.15, 0.2) is 41.2 Å². The van der Waals surface area contributed by atoms with E-state index in [2.05, 4.69) is 0 Å². The Balaban J connectivity index is 2.74. The molecule has 1 aromatic heterocycles. The van der Waals surface area contributed by atoms with Gasteiger partial charge in [0.15, 0.2) is 0 Å². The van der Waals surface area contributed by atoms with Crippen molar-refractivity contribution in [3.8, 4) is 17.0 Å². The van der Waals surface area contributed by atoms with Crippen molar-refractivity contribution < 1.29 is 4.74 Å². The second-order valence-corrected chi connectivity index (χ2v) is 5.24. The number of nitrogens with two attached hydrogens (primary N) is 1. The second-order valence-electron chi connectivity index (χ2n) is 5.24. The van der Waals surface area contributed by atoms with Crippen LogP contribution in [-0.2, 0) is 0 Å². The third-order valence-corrected chi connectivity index (χ3v) is 3.39. The summed E-state index contributed by atoms with van der Waals surface area (Å²) in [5.41, 5.74) is 7.06. The number of pyridine rings is 1. The number of aromatic nitrogens is 1. The van der Waals surface area contributed by atoms with E-state index in [1.807, 2.05) is 51.1 Å². The van der Waals surface area contributed by atoms with Crippen LogP contribution in [0, 0.1) is 5.41 Å². The maximum Gasteiger partial charge on any atom is 0.262 e. The van der Waals surface area contributed by atoms with Crippen molar-refractivity contribution >= 4 is 5.84 Å². The summed E-state index contributed by atoms with van der Waals surface area (Å²) in [6.45, 7) is 6.33. The summed E-state index contributed by atoms with van der Waals surface area (Å²) in [6, 6.07) is 11.0. The van der Waals surface area contributed by atoms with Gasteiger partial charge in [0.05, 0.1) is 17.9 Å². The largest absolute Gasteiger partial charge is 0.493 e. The molecule has 0 fully saturated rings. The Kier molecular flexibility index (Phi) is 4.65. The third-order valence-electron chi connectivity index (χ3n) is 3.39. The van der Waals surface area contributed by atoms with E-state index in [9.17, 15) is 4.79 Å². The predicted molar refractivity (Wildman–Crippen MR) is 88.7 cm³/mol. The Morgan fingerprint density at radius 3 is 2.55 bits per heavy atom. The highest BCUT2D eigenvalue weighted by Gasteiger charge is 2.16. The first-order valence-corrected chi connectivity index (χ1v) is 7.29. The van der Waals surface area contributed by atoms with Gasteiger partial charge < -0.3 is 15.0 Å². The van der Waals surface area contributed by atoms with Gasteiger partial charge in [-0.3, -0.25) is 10.2 Å². The molecule has 1 aromatic carbocycles. The second kappa shape index (κ2) is 6.47. The number of amidine groups is 1. The zero-order valence-corrected chi connectivity index (χ0v) is 13.1. The van der Waals surface area contributed by atoms with E-state index in [4.69, 9.17) is 15.9 Å². The van der Waals surface area contributed by atoms with Gasteiger partial charge >= 0.3 is 0 Å². The minimum Gasteiger partial charge on any atom is -0.493 e. The molecule has 1 heterocycles. The molecule has 3 N–H and O–H groups in total. The normalized spacial score (nSPS) is 10.7. The van der Waals surface area contributed by atoms with Gasteiger partial charge in [0.1, 0.15) is 11.6 Å². The van der Waals surface area contributed by atoms with Gasteiger partial charge in [-0.15, -0.1) is 0 Å². The molecule has 0 bridgehead atoms. The van der Waals surface area contributed by atoms with Crippen LogP contribution in [0.5, 0.6) is 5.75 Å². The number of para-hydroxylation sites is 1.